The molecule has 1 heterocycles. The molecule has 0 aliphatic carbocycles. The zero-order valence-electron chi connectivity index (χ0n) is 10.6. The second-order valence-electron chi connectivity index (χ2n) is 4.73. The van der Waals surface area contributed by atoms with Gasteiger partial charge in [-0.2, -0.15) is 0 Å². The molecule has 0 spiro atoms. The highest BCUT2D eigenvalue weighted by Gasteiger charge is 2.05. The van der Waals surface area contributed by atoms with Crippen molar-refractivity contribution in [3.05, 3.63) is 47.7 Å². The number of aromatic nitrogens is 1. The number of anilines is 1. The van der Waals surface area contributed by atoms with E-state index < -0.39 is 0 Å². The Bertz CT molecular complexity index is 513. The number of nitrogens with zero attached hydrogens (tertiary/aromatic N) is 1. The first-order valence-corrected chi connectivity index (χ1v) is 5.90. The summed E-state index contributed by atoms with van der Waals surface area (Å²) >= 11 is 0. The largest absolute Gasteiger partial charge is 0.397 e. The number of nitrogens with two attached hydrogens (primary N) is 1. The molecule has 0 fully saturated rings. The van der Waals surface area contributed by atoms with E-state index in [0.717, 1.165) is 22.5 Å². The van der Waals surface area contributed by atoms with Gasteiger partial charge in [0, 0.05) is 11.8 Å². The maximum atomic E-state index is 5.99. The van der Waals surface area contributed by atoms with Crippen molar-refractivity contribution in [2.75, 3.05) is 5.73 Å². The molecule has 0 atom stereocenters. The van der Waals surface area contributed by atoms with E-state index >= 15 is 0 Å². The summed E-state index contributed by atoms with van der Waals surface area (Å²) < 4.78 is 0. The van der Waals surface area contributed by atoms with Crippen LogP contribution >= 0.6 is 0 Å². The number of hydrogen-bond acceptors (Lipinski definition) is 2. The van der Waals surface area contributed by atoms with E-state index in [9.17, 15) is 0 Å². The quantitative estimate of drug-likeness (QED) is 0.846. The molecule has 0 radical (unpaired) electrons. The molecule has 0 aliphatic heterocycles. The average molecular weight is 226 g/mol. The van der Waals surface area contributed by atoms with Crippen molar-refractivity contribution in [2.24, 2.45) is 0 Å². The highest BCUT2D eigenvalue weighted by atomic mass is 14.7. The standard InChI is InChI=1S/C15H18N2/c1-10(2)12-4-6-13(7-5-12)15-14(16)8-11(3)9-17-15/h4-10H,16H2,1-3H3. The first-order valence-electron chi connectivity index (χ1n) is 5.90. The zero-order chi connectivity index (χ0) is 12.4. The van der Waals surface area contributed by atoms with Crippen LogP contribution < -0.4 is 5.73 Å². The van der Waals surface area contributed by atoms with E-state index in [1.807, 2.05) is 19.2 Å². The highest BCUT2D eigenvalue weighted by Crippen LogP contribution is 2.25. The van der Waals surface area contributed by atoms with Crippen LogP contribution in [0.4, 0.5) is 5.69 Å². The van der Waals surface area contributed by atoms with Gasteiger partial charge in [0.1, 0.15) is 0 Å². The van der Waals surface area contributed by atoms with E-state index in [1.54, 1.807) is 0 Å². The Labute approximate surface area is 103 Å². The molecule has 1 aromatic carbocycles. The highest BCUT2D eigenvalue weighted by molar-refractivity contribution is 5.72. The second-order valence-corrected chi connectivity index (χ2v) is 4.73. The van der Waals surface area contributed by atoms with Crippen LogP contribution in [0.25, 0.3) is 11.3 Å². The monoisotopic (exact) mass is 226 g/mol. The van der Waals surface area contributed by atoms with Gasteiger partial charge in [-0.15, -0.1) is 0 Å². The molecule has 2 heteroatoms. The van der Waals surface area contributed by atoms with Gasteiger partial charge >= 0.3 is 0 Å². The topological polar surface area (TPSA) is 38.9 Å². The Balaban J connectivity index is 2.40. The minimum Gasteiger partial charge on any atom is -0.397 e. The van der Waals surface area contributed by atoms with Crippen LogP contribution in [-0.2, 0) is 0 Å². The molecule has 2 N–H and O–H groups in total. The first-order chi connectivity index (χ1) is 8.08. The van der Waals surface area contributed by atoms with Crippen molar-refractivity contribution < 1.29 is 0 Å². The summed E-state index contributed by atoms with van der Waals surface area (Å²) in [6.45, 7) is 6.37. The molecule has 2 aromatic rings. The van der Waals surface area contributed by atoms with Crippen LogP contribution in [0, 0.1) is 6.92 Å². The molecule has 0 bridgehead atoms. The van der Waals surface area contributed by atoms with Gasteiger partial charge in [0.25, 0.3) is 0 Å². The molecule has 17 heavy (non-hydrogen) atoms. The Hall–Kier alpha value is -1.83. The summed E-state index contributed by atoms with van der Waals surface area (Å²) in [5.41, 5.74) is 11.1. The molecule has 1 aromatic heterocycles. The fourth-order valence-corrected chi connectivity index (χ4v) is 1.86. The van der Waals surface area contributed by atoms with Crippen molar-refractivity contribution in [3.8, 4) is 11.3 Å². The second kappa shape index (κ2) is 4.58. The first kappa shape index (κ1) is 11.6. The lowest BCUT2D eigenvalue weighted by atomic mass is 10.00. The molecule has 0 saturated carbocycles. The van der Waals surface area contributed by atoms with Crippen molar-refractivity contribution in [3.63, 3.8) is 0 Å². The van der Waals surface area contributed by atoms with Crippen molar-refractivity contribution in [1.29, 1.82) is 0 Å². The summed E-state index contributed by atoms with van der Waals surface area (Å²) in [6.07, 6.45) is 1.85. The van der Waals surface area contributed by atoms with E-state index in [4.69, 9.17) is 5.73 Å². The Morgan fingerprint density at radius 3 is 2.29 bits per heavy atom. The summed E-state index contributed by atoms with van der Waals surface area (Å²) in [5, 5.41) is 0. The van der Waals surface area contributed by atoms with Gasteiger partial charge in [-0.25, -0.2) is 0 Å². The van der Waals surface area contributed by atoms with Gasteiger partial charge < -0.3 is 5.73 Å². The fourth-order valence-electron chi connectivity index (χ4n) is 1.86. The molecule has 0 amide bonds. The Morgan fingerprint density at radius 2 is 1.76 bits per heavy atom. The number of pyridine rings is 1. The third kappa shape index (κ3) is 2.47. The fraction of sp³-hybridized carbons (Fsp3) is 0.267. The van der Waals surface area contributed by atoms with Crippen LogP contribution in [-0.4, -0.2) is 4.98 Å². The maximum Gasteiger partial charge on any atom is 0.0931 e. The molecule has 0 aliphatic rings. The van der Waals surface area contributed by atoms with E-state index in [1.165, 1.54) is 5.56 Å². The normalized spacial score (nSPS) is 10.8. The maximum absolute atomic E-state index is 5.99. The van der Waals surface area contributed by atoms with Crippen LogP contribution in [0.1, 0.15) is 30.9 Å². The van der Waals surface area contributed by atoms with Gasteiger partial charge in [-0.3, -0.25) is 4.98 Å². The summed E-state index contributed by atoms with van der Waals surface area (Å²) in [5.74, 6) is 0.548. The third-order valence-corrected chi connectivity index (χ3v) is 2.90. The number of nitrogen functional groups attached to an aromatic ring is 1. The van der Waals surface area contributed by atoms with Crippen molar-refractivity contribution in [2.45, 2.75) is 26.7 Å². The molecule has 2 rings (SSSR count). The molecule has 0 unspecified atom stereocenters. The summed E-state index contributed by atoms with van der Waals surface area (Å²) in [7, 11) is 0. The van der Waals surface area contributed by atoms with Gasteiger partial charge in [0.2, 0.25) is 0 Å². The lowest BCUT2D eigenvalue weighted by Gasteiger charge is -2.08. The molecule has 88 valence electrons. The van der Waals surface area contributed by atoms with Gasteiger partial charge in [0.05, 0.1) is 11.4 Å². The van der Waals surface area contributed by atoms with Gasteiger partial charge in [-0.1, -0.05) is 38.1 Å². The lowest BCUT2D eigenvalue weighted by Crippen LogP contribution is -1.95. The summed E-state index contributed by atoms with van der Waals surface area (Å²) in [4.78, 5) is 4.40. The number of hydrogen-bond donors (Lipinski definition) is 1. The Morgan fingerprint density at radius 1 is 1.12 bits per heavy atom. The molecular weight excluding hydrogens is 208 g/mol. The van der Waals surface area contributed by atoms with Gasteiger partial charge in [-0.05, 0) is 30.0 Å². The van der Waals surface area contributed by atoms with Crippen molar-refractivity contribution in [1.82, 2.24) is 4.98 Å². The van der Waals surface area contributed by atoms with Crippen LogP contribution in [0.15, 0.2) is 36.5 Å². The van der Waals surface area contributed by atoms with E-state index in [2.05, 4.69) is 43.1 Å². The van der Waals surface area contributed by atoms with Crippen LogP contribution in [0.5, 0.6) is 0 Å². The third-order valence-electron chi connectivity index (χ3n) is 2.90. The predicted octanol–water partition coefficient (Wildman–Crippen LogP) is 3.76. The SMILES string of the molecule is Cc1cnc(-c2ccc(C(C)C)cc2)c(N)c1. The average Bonchev–Trinajstić information content (AvgIpc) is 2.29. The minimum absolute atomic E-state index is 0.548. The van der Waals surface area contributed by atoms with Gasteiger partial charge in [0.15, 0.2) is 0 Å². The Kier molecular flexibility index (Phi) is 3.14. The predicted molar refractivity (Wildman–Crippen MR) is 72.9 cm³/mol. The number of benzene rings is 1. The number of rotatable bonds is 2. The van der Waals surface area contributed by atoms with E-state index in [0.29, 0.717) is 5.92 Å². The lowest BCUT2D eigenvalue weighted by molar-refractivity contribution is 0.867. The number of aryl methyl sites for hydroxylation is 1. The van der Waals surface area contributed by atoms with Crippen LogP contribution in [0.2, 0.25) is 0 Å². The molecule has 0 saturated heterocycles. The van der Waals surface area contributed by atoms with Crippen molar-refractivity contribution >= 4 is 5.69 Å². The van der Waals surface area contributed by atoms with Crippen LogP contribution in [0.3, 0.4) is 0 Å². The summed E-state index contributed by atoms with van der Waals surface area (Å²) in [6, 6.07) is 10.4. The smallest absolute Gasteiger partial charge is 0.0931 e. The molecule has 2 nitrogen and oxygen atoms in total. The molecular formula is C15H18N2. The zero-order valence-corrected chi connectivity index (χ0v) is 10.6. The minimum atomic E-state index is 0.548. The van der Waals surface area contributed by atoms with E-state index in [-0.39, 0.29) is 0 Å².